The van der Waals surface area contributed by atoms with Crippen molar-refractivity contribution in [2.45, 2.75) is 76.3 Å². The Bertz CT molecular complexity index is 1240. The van der Waals surface area contributed by atoms with Gasteiger partial charge in [0.25, 0.3) is 0 Å². The van der Waals surface area contributed by atoms with Gasteiger partial charge in [-0.15, -0.1) is 0 Å². The lowest BCUT2D eigenvalue weighted by atomic mass is 9.79. The standard InChI is InChI=1S/C26H32O11/c1-12-8-16(27)20-17(28)9-15(10-18(20)35-12)36-25-23(31)22(30)21(29)19(37-25)11-34-24(32)13-4-6-14(7-5-13)26(2,3)33/h4,8-10,14,19,21-23,25,28-31,33H,5-7,11H2,1-3H3/t14-,19+,21+,22-,23+,25+/m0/s1. The quantitative estimate of drug-likeness (QED) is 0.344. The molecular formula is C26H32O11. The number of aromatic hydroxyl groups is 1. The van der Waals surface area contributed by atoms with Gasteiger partial charge in [0.1, 0.15) is 59.3 Å². The van der Waals surface area contributed by atoms with E-state index in [1.54, 1.807) is 26.8 Å². The van der Waals surface area contributed by atoms with Crippen LogP contribution in [0.4, 0.5) is 0 Å². The molecule has 1 fully saturated rings. The fourth-order valence-electron chi connectivity index (χ4n) is 4.63. The normalized spacial score (nSPS) is 28.6. The molecular weight excluding hydrogens is 488 g/mol. The molecule has 0 amide bonds. The number of carbonyl (C=O) groups is 1. The van der Waals surface area contributed by atoms with Gasteiger partial charge in [0.05, 0.1) is 5.60 Å². The molecule has 2 aliphatic rings. The number of allylic oxidation sites excluding steroid dienone is 1. The minimum absolute atomic E-state index is 0.0218. The predicted octanol–water partition coefficient (Wildman–Crippen LogP) is 1.03. The Morgan fingerprint density at radius 2 is 1.86 bits per heavy atom. The molecule has 1 aliphatic heterocycles. The lowest BCUT2D eigenvalue weighted by Gasteiger charge is -2.40. The van der Waals surface area contributed by atoms with E-state index >= 15 is 0 Å². The minimum Gasteiger partial charge on any atom is -0.507 e. The van der Waals surface area contributed by atoms with Gasteiger partial charge in [0.2, 0.25) is 6.29 Å². The van der Waals surface area contributed by atoms with Crippen LogP contribution < -0.4 is 10.2 Å². The van der Waals surface area contributed by atoms with Crippen LogP contribution in [-0.4, -0.2) is 74.4 Å². The molecule has 2 heterocycles. The summed E-state index contributed by atoms with van der Waals surface area (Å²) in [5.74, 6) is -0.713. The monoisotopic (exact) mass is 520 g/mol. The Balaban J connectivity index is 1.44. The van der Waals surface area contributed by atoms with Crippen LogP contribution in [0.1, 0.15) is 38.9 Å². The van der Waals surface area contributed by atoms with Crippen molar-refractivity contribution in [3.63, 3.8) is 0 Å². The zero-order valence-corrected chi connectivity index (χ0v) is 20.8. The van der Waals surface area contributed by atoms with E-state index in [0.717, 1.165) is 6.07 Å². The number of rotatable bonds is 6. The van der Waals surface area contributed by atoms with Crippen molar-refractivity contribution < 1.29 is 49.0 Å². The van der Waals surface area contributed by atoms with Crippen molar-refractivity contribution in [2.75, 3.05) is 6.61 Å². The number of carbonyl (C=O) groups excluding carboxylic acids is 1. The third-order valence-electron chi connectivity index (χ3n) is 6.88. The van der Waals surface area contributed by atoms with Crippen LogP contribution >= 0.6 is 0 Å². The molecule has 2 aromatic rings. The van der Waals surface area contributed by atoms with Crippen LogP contribution in [0, 0.1) is 12.8 Å². The number of phenolic OH excluding ortho intramolecular Hbond substituents is 1. The second-order valence-electron chi connectivity index (χ2n) is 10.1. The van der Waals surface area contributed by atoms with Crippen LogP contribution in [0.25, 0.3) is 11.0 Å². The lowest BCUT2D eigenvalue weighted by Crippen LogP contribution is -2.60. The molecule has 1 aromatic carbocycles. The zero-order valence-electron chi connectivity index (χ0n) is 20.8. The number of fused-ring (bicyclic) bond motifs is 1. The Hall–Kier alpha value is -2.96. The second-order valence-corrected chi connectivity index (χ2v) is 10.1. The molecule has 202 valence electrons. The molecule has 0 spiro atoms. The van der Waals surface area contributed by atoms with Crippen molar-refractivity contribution in [3.05, 3.63) is 45.8 Å². The molecule has 1 aromatic heterocycles. The first-order valence-electron chi connectivity index (χ1n) is 12.1. The number of esters is 1. The Labute approximate surface area is 212 Å². The molecule has 4 rings (SSSR count). The first-order valence-corrected chi connectivity index (χ1v) is 12.1. The van der Waals surface area contributed by atoms with Crippen molar-refractivity contribution >= 4 is 16.9 Å². The number of benzene rings is 1. The van der Waals surface area contributed by atoms with Crippen LogP contribution in [0.15, 0.2) is 39.1 Å². The van der Waals surface area contributed by atoms with Crippen LogP contribution in [0.3, 0.4) is 0 Å². The number of phenols is 1. The highest BCUT2D eigenvalue weighted by Crippen LogP contribution is 2.33. The summed E-state index contributed by atoms with van der Waals surface area (Å²) in [6, 6.07) is 3.69. The number of aryl methyl sites for hydroxylation is 1. The third-order valence-corrected chi connectivity index (χ3v) is 6.88. The maximum Gasteiger partial charge on any atom is 0.333 e. The lowest BCUT2D eigenvalue weighted by molar-refractivity contribution is -0.278. The summed E-state index contributed by atoms with van der Waals surface area (Å²) in [5, 5.41) is 51.5. The Morgan fingerprint density at radius 1 is 1.14 bits per heavy atom. The van der Waals surface area contributed by atoms with Gasteiger partial charge in [0, 0.05) is 23.8 Å². The van der Waals surface area contributed by atoms with Crippen molar-refractivity contribution in [1.82, 2.24) is 0 Å². The molecule has 1 saturated heterocycles. The van der Waals surface area contributed by atoms with Crippen LogP contribution in [0.5, 0.6) is 11.5 Å². The van der Waals surface area contributed by atoms with Crippen molar-refractivity contribution in [2.24, 2.45) is 5.92 Å². The molecule has 37 heavy (non-hydrogen) atoms. The number of aliphatic hydroxyl groups excluding tert-OH is 3. The maximum absolute atomic E-state index is 12.5. The Morgan fingerprint density at radius 3 is 2.51 bits per heavy atom. The van der Waals surface area contributed by atoms with E-state index in [2.05, 4.69) is 0 Å². The first-order chi connectivity index (χ1) is 17.3. The van der Waals surface area contributed by atoms with Gasteiger partial charge in [-0.3, -0.25) is 4.79 Å². The summed E-state index contributed by atoms with van der Waals surface area (Å²) in [5.41, 5.74) is -0.809. The summed E-state index contributed by atoms with van der Waals surface area (Å²) >= 11 is 0. The SMILES string of the molecule is Cc1cc(=O)c2c(O)cc(O[C@@H]3O[C@H](COC(=O)C4=CC[C@H](C(C)(C)O)CC4)[C@@H](O)[C@H](O)[C@H]3O)cc2o1. The van der Waals surface area contributed by atoms with Gasteiger partial charge < -0.3 is 44.2 Å². The summed E-state index contributed by atoms with van der Waals surface area (Å²) in [6.45, 7) is 4.60. The minimum atomic E-state index is -1.68. The number of aliphatic hydroxyl groups is 4. The highest BCUT2D eigenvalue weighted by molar-refractivity contribution is 5.88. The van der Waals surface area contributed by atoms with E-state index in [9.17, 15) is 35.1 Å². The summed E-state index contributed by atoms with van der Waals surface area (Å²) < 4.78 is 22.0. The largest absolute Gasteiger partial charge is 0.507 e. The summed E-state index contributed by atoms with van der Waals surface area (Å²) in [4.78, 5) is 24.7. The predicted molar refractivity (Wildman–Crippen MR) is 129 cm³/mol. The van der Waals surface area contributed by atoms with E-state index in [4.69, 9.17) is 18.6 Å². The first kappa shape index (κ1) is 27.1. The van der Waals surface area contributed by atoms with E-state index < -0.39 is 60.1 Å². The molecule has 0 radical (unpaired) electrons. The topological polar surface area (TPSA) is 176 Å². The molecule has 0 unspecified atom stereocenters. The maximum atomic E-state index is 12.5. The molecule has 11 heteroatoms. The highest BCUT2D eigenvalue weighted by Gasteiger charge is 2.45. The van der Waals surface area contributed by atoms with Crippen LogP contribution in [0.2, 0.25) is 0 Å². The van der Waals surface area contributed by atoms with Crippen LogP contribution in [-0.2, 0) is 14.3 Å². The number of hydrogen-bond acceptors (Lipinski definition) is 11. The molecule has 0 bridgehead atoms. The fraction of sp³-hybridized carbons (Fsp3) is 0.538. The van der Waals surface area contributed by atoms with E-state index in [1.165, 1.54) is 12.1 Å². The second kappa shape index (κ2) is 10.4. The van der Waals surface area contributed by atoms with Gasteiger partial charge >= 0.3 is 5.97 Å². The molecule has 11 nitrogen and oxygen atoms in total. The van der Waals surface area contributed by atoms with Gasteiger partial charge in [0.15, 0.2) is 5.43 Å². The summed E-state index contributed by atoms with van der Waals surface area (Å²) in [7, 11) is 0. The van der Waals surface area contributed by atoms with Gasteiger partial charge in [-0.2, -0.15) is 0 Å². The Kier molecular flexibility index (Phi) is 7.63. The van der Waals surface area contributed by atoms with E-state index in [-0.39, 0.29) is 22.6 Å². The zero-order chi connectivity index (χ0) is 27.1. The van der Waals surface area contributed by atoms with Gasteiger partial charge in [-0.25, -0.2) is 4.79 Å². The molecule has 6 atom stereocenters. The van der Waals surface area contributed by atoms with E-state index in [1.807, 2.05) is 0 Å². The van der Waals surface area contributed by atoms with Crippen molar-refractivity contribution in [1.29, 1.82) is 0 Å². The third kappa shape index (κ3) is 5.81. The molecule has 1 aliphatic carbocycles. The highest BCUT2D eigenvalue weighted by atomic mass is 16.7. The molecule has 5 N–H and O–H groups in total. The number of hydrogen-bond donors (Lipinski definition) is 5. The average molecular weight is 521 g/mol. The van der Waals surface area contributed by atoms with Crippen molar-refractivity contribution in [3.8, 4) is 11.5 Å². The smallest absolute Gasteiger partial charge is 0.333 e. The number of ether oxygens (including phenoxy) is 3. The van der Waals surface area contributed by atoms with Gasteiger partial charge in [-0.1, -0.05) is 6.08 Å². The molecule has 0 saturated carbocycles. The summed E-state index contributed by atoms with van der Waals surface area (Å²) in [6.07, 6.45) is -4.37. The van der Waals surface area contributed by atoms with Gasteiger partial charge in [-0.05, 0) is 46.0 Å². The fourth-order valence-corrected chi connectivity index (χ4v) is 4.63. The van der Waals surface area contributed by atoms with E-state index in [0.29, 0.717) is 30.6 Å². The average Bonchev–Trinajstić information content (AvgIpc) is 2.82.